The van der Waals surface area contributed by atoms with E-state index in [1.54, 1.807) is 6.07 Å². The molecule has 2 N–H and O–H groups in total. The van der Waals surface area contributed by atoms with Gasteiger partial charge in [-0.25, -0.2) is 21.9 Å². The molecule has 8 heterocycles. The number of nitrogens with zero attached hydrogens (tertiary/aromatic N) is 10. The minimum Gasteiger partial charge on any atom is -0.361 e. The molecule has 107 heavy (non-hydrogen) atoms. The highest BCUT2D eigenvalue weighted by Gasteiger charge is 2.54. The lowest BCUT2D eigenvalue weighted by Crippen LogP contribution is -2.54. The Bertz CT molecular complexity index is 4990. The highest BCUT2D eigenvalue weighted by Crippen LogP contribution is 2.52. The molecule has 16 rings (SSSR count). The van der Waals surface area contributed by atoms with Gasteiger partial charge in [0, 0.05) is 133 Å². The van der Waals surface area contributed by atoms with Crippen LogP contribution in [-0.4, -0.2) is 123 Å². The molecule has 0 spiro atoms. The molecular weight excluding hydrogens is 1360 g/mol. The topological polar surface area (TPSA) is 224 Å². The Morgan fingerprint density at radius 1 is 0.514 bits per heavy atom. The number of benzene rings is 6. The molecule has 0 radical (unpaired) electrons. The molecule has 6 fully saturated rings. The van der Waals surface area contributed by atoms with Gasteiger partial charge in [-0.3, -0.25) is 58.9 Å². The first kappa shape index (κ1) is 71.6. The molecule has 0 bridgehead atoms. The standard InChI is InChI=1S/C42H41FN6O5.C42H43FN6O4/c1-24-5-6-28(38-25(2)46-54-26(38)3)20-36(24)48(31-9-7-30(8-10-31)42(44-4)15-16-42)22-27-13-17-47(18-14-27)23-29-19-32-33(21-34(29)43)41(53)49(40(32)52)35-11-12-37(50)45-39(35)51;1-25-5-6-29(39-26(2)46-53-27(39)3)21-37(25)48(33-9-7-32(8-10-33)42(44-4)15-16-42)22-28-13-17-47(18-14-28)23-31-19-34-30(20-35(31)43)24-49(41(34)52)36-11-12-38(50)45-40(36)51/h5-10,19-21,27,35H,11-18,22-23H2,1-3H3,(H,45,50,51);5-10,19-21,28,36H,11-18,22-24H2,1-3H3,(H,45,50,51). The van der Waals surface area contributed by atoms with Crippen molar-refractivity contribution in [1.29, 1.82) is 0 Å². The van der Waals surface area contributed by atoms with Gasteiger partial charge in [0.1, 0.15) is 35.2 Å². The quantitative estimate of drug-likeness (QED) is 0.0602. The number of rotatable bonds is 18. The summed E-state index contributed by atoms with van der Waals surface area (Å²) in [4.78, 5) is 108. The molecule has 2 aliphatic carbocycles. The van der Waals surface area contributed by atoms with Crippen LogP contribution in [0.3, 0.4) is 0 Å². The van der Waals surface area contributed by atoms with E-state index in [0.29, 0.717) is 40.6 Å². The Kier molecular flexibility index (Phi) is 19.2. The minimum absolute atomic E-state index is 0.0156. The number of hydrogen-bond acceptors (Lipinski definition) is 15. The molecular formula is C84H84F2N12O9. The number of aromatic nitrogens is 2. The van der Waals surface area contributed by atoms with Crippen molar-refractivity contribution >= 4 is 64.1 Å². The van der Waals surface area contributed by atoms with Crippen molar-refractivity contribution in [2.45, 2.75) is 161 Å². The van der Waals surface area contributed by atoms with Gasteiger partial charge in [0.05, 0.1) is 22.5 Å². The second-order valence-corrected chi connectivity index (χ2v) is 30.4. The minimum atomic E-state index is -1.10. The number of imide groups is 3. The van der Waals surface area contributed by atoms with E-state index in [1.165, 1.54) is 17.0 Å². The van der Waals surface area contributed by atoms with E-state index < -0.39 is 47.4 Å². The van der Waals surface area contributed by atoms with Crippen LogP contribution in [0.15, 0.2) is 118 Å². The highest BCUT2D eigenvalue weighted by atomic mass is 19.1. The molecule has 8 aliphatic rings. The Hall–Kier alpha value is -11.0. The maximum atomic E-state index is 15.5. The average molecular weight is 1440 g/mol. The summed E-state index contributed by atoms with van der Waals surface area (Å²) in [6.07, 6.45) is 7.67. The van der Waals surface area contributed by atoms with Crippen molar-refractivity contribution in [3.8, 4) is 22.3 Å². The van der Waals surface area contributed by atoms with Crippen LogP contribution in [0.2, 0.25) is 0 Å². The van der Waals surface area contributed by atoms with Crippen molar-refractivity contribution < 1.29 is 51.4 Å². The third kappa shape index (κ3) is 13.9. The SMILES string of the molecule is [C-]#[N+]C1(c2ccc(N(CC3CCN(Cc4cc5c(cc4F)C(=O)N(C4CCC(=O)NC4=O)C5=O)CC3)c3cc(-c4c(C)noc4C)ccc3C)cc2)CC1.[C-]#[N+]C1(c2ccc(N(CC3CCN(Cc4cc5c(cc4F)CN(C4CCC(=O)NC4=O)C5=O)CC3)c3cc(-c4c(C)noc4C)ccc3C)cc2)CC1. The van der Waals surface area contributed by atoms with Crippen LogP contribution in [0.25, 0.3) is 31.9 Å². The second-order valence-electron chi connectivity index (χ2n) is 30.4. The van der Waals surface area contributed by atoms with E-state index in [9.17, 15) is 33.6 Å². The molecule has 7 amide bonds. The van der Waals surface area contributed by atoms with Crippen molar-refractivity contribution in [3.05, 3.63) is 222 Å². The predicted molar refractivity (Wildman–Crippen MR) is 396 cm³/mol. The number of likely N-dealkylation sites (tertiary alicyclic amines) is 2. The Labute approximate surface area is 619 Å². The van der Waals surface area contributed by atoms with Gasteiger partial charge in [0.25, 0.3) is 28.8 Å². The van der Waals surface area contributed by atoms with Crippen molar-refractivity contribution in [2.75, 3.05) is 49.1 Å². The van der Waals surface area contributed by atoms with Gasteiger partial charge in [-0.05, 0) is 231 Å². The number of nitrogens with one attached hydrogen (secondary N) is 2. The molecule has 8 aromatic rings. The summed E-state index contributed by atoms with van der Waals surface area (Å²) in [5.41, 5.74) is 15.6. The van der Waals surface area contributed by atoms with Crippen LogP contribution < -0.4 is 20.4 Å². The monoisotopic (exact) mass is 1440 g/mol. The molecule has 2 unspecified atom stereocenters. The van der Waals surface area contributed by atoms with E-state index in [2.05, 4.69) is 149 Å². The van der Waals surface area contributed by atoms with E-state index in [-0.39, 0.29) is 78.6 Å². The van der Waals surface area contributed by atoms with Crippen molar-refractivity contribution in [3.63, 3.8) is 0 Å². The molecule has 2 aromatic heterocycles. The van der Waals surface area contributed by atoms with Crippen LogP contribution in [0.4, 0.5) is 31.5 Å². The number of aryl methyl sites for hydroxylation is 6. The summed E-state index contributed by atoms with van der Waals surface area (Å²) >= 11 is 0. The fourth-order valence-corrected chi connectivity index (χ4v) is 16.7. The third-order valence-corrected chi connectivity index (χ3v) is 23.3. The summed E-state index contributed by atoms with van der Waals surface area (Å²) in [5, 5.41) is 12.9. The summed E-state index contributed by atoms with van der Waals surface area (Å²) in [6.45, 7) is 32.9. The molecule has 548 valence electrons. The van der Waals surface area contributed by atoms with Gasteiger partial charge in [0.15, 0.2) is 0 Å². The smallest absolute Gasteiger partial charge is 0.262 e. The zero-order valence-corrected chi connectivity index (χ0v) is 61.0. The van der Waals surface area contributed by atoms with Crippen LogP contribution in [0.1, 0.15) is 170 Å². The van der Waals surface area contributed by atoms with E-state index >= 15 is 8.78 Å². The zero-order valence-electron chi connectivity index (χ0n) is 61.0. The van der Waals surface area contributed by atoms with E-state index in [1.807, 2.05) is 27.7 Å². The fourth-order valence-electron chi connectivity index (χ4n) is 16.7. The predicted octanol–water partition coefficient (Wildman–Crippen LogP) is 13.9. The Morgan fingerprint density at radius 2 is 0.935 bits per heavy atom. The molecule has 23 heteroatoms. The Morgan fingerprint density at radius 3 is 1.35 bits per heavy atom. The summed E-state index contributed by atoms with van der Waals surface area (Å²) in [6, 6.07) is 33.7. The number of hydrogen-bond donors (Lipinski definition) is 2. The number of anilines is 4. The van der Waals surface area contributed by atoms with Crippen molar-refractivity contribution in [2.24, 2.45) is 11.8 Å². The summed E-state index contributed by atoms with van der Waals surface area (Å²) in [5.74, 6) is -2.30. The van der Waals surface area contributed by atoms with Gasteiger partial charge >= 0.3 is 0 Å². The molecule has 2 atom stereocenters. The van der Waals surface area contributed by atoms with E-state index in [4.69, 9.17) is 22.2 Å². The number of amides is 7. The number of carbonyl (C=O) groups is 7. The molecule has 2 saturated carbocycles. The summed E-state index contributed by atoms with van der Waals surface area (Å²) < 4.78 is 42.0. The first-order chi connectivity index (χ1) is 51.5. The van der Waals surface area contributed by atoms with Gasteiger partial charge in [0.2, 0.25) is 23.6 Å². The highest BCUT2D eigenvalue weighted by molar-refractivity contribution is 6.23. The normalized spacial score (nSPS) is 19.9. The van der Waals surface area contributed by atoms with Crippen LogP contribution >= 0.6 is 0 Å². The summed E-state index contributed by atoms with van der Waals surface area (Å²) in [7, 11) is 0. The average Bonchev–Trinajstić information content (AvgIpc) is 1.76. The van der Waals surface area contributed by atoms with Gasteiger partial charge in [-0.2, -0.15) is 0 Å². The lowest BCUT2D eigenvalue weighted by Gasteiger charge is -2.36. The first-order valence-corrected chi connectivity index (χ1v) is 37.1. The maximum Gasteiger partial charge on any atom is 0.262 e. The van der Waals surface area contributed by atoms with Crippen LogP contribution in [0, 0.1) is 78.2 Å². The first-order valence-electron chi connectivity index (χ1n) is 37.1. The second kappa shape index (κ2) is 28.7. The van der Waals surface area contributed by atoms with E-state index in [0.717, 1.165) is 192 Å². The molecule has 6 aromatic carbocycles. The van der Waals surface area contributed by atoms with Crippen LogP contribution in [0.5, 0.6) is 0 Å². The number of piperidine rings is 4. The third-order valence-electron chi connectivity index (χ3n) is 23.3. The van der Waals surface area contributed by atoms with Gasteiger partial charge < -0.3 is 33.4 Å². The molecule has 6 aliphatic heterocycles. The Balaban J connectivity index is 0.000000171. The lowest BCUT2D eigenvalue weighted by molar-refractivity contribution is -0.138. The molecule has 21 nitrogen and oxygen atoms in total. The van der Waals surface area contributed by atoms with Gasteiger partial charge in [-0.15, -0.1) is 0 Å². The fraction of sp³-hybridized carbons (Fsp3) is 0.393. The largest absolute Gasteiger partial charge is 0.361 e. The zero-order chi connectivity index (χ0) is 74.9. The van der Waals surface area contributed by atoms with Crippen LogP contribution in [-0.2, 0) is 49.9 Å². The number of fused-ring (bicyclic) bond motifs is 2. The number of halogens is 2. The maximum absolute atomic E-state index is 15.5. The van der Waals surface area contributed by atoms with Gasteiger partial charge in [-0.1, -0.05) is 34.6 Å². The lowest BCUT2D eigenvalue weighted by atomic mass is 9.94. The number of carbonyl (C=O) groups excluding carboxylic acids is 7. The molecule has 4 saturated heterocycles. The van der Waals surface area contributed by atoms with Crippen molar-refractivity contribution in [1.82, 2.24) is 40.5 Å².